The highest BCUT2D eigenvalue weighted by molar-refractivity contribution is 6.17. The van der Waals surface area contributed by atoms with E-state index in [0.29, 0.717) is 27.5 Å². The second-order valence-corrected chi connectivity index (χ2v) is 11.9. The van der Waals surface area contributed by atoms with Gasteiger partial charge in [-0.2, -0.15) is 9.91 Å². The van der Waals surface area contributed by atoms with Crippen LogP contribution in [0.3, 0.4) is 0 Å². The molecule has 0 unspecified atom stereocenters. The van der Waals surface area contributed by atoms with Crippen LogP contribution in [0.25, 0.3) is 0 Å². The number of carbonyl (C=O) groups is 5. The zero-order valence-electron chi connectivity index (χ0n) is 23.8. The van der Waals surface area contributed by atoms with Crippen molar-refractivity contribution in [1.29, 1.82) is 0 Å². The van der Waals surface area contributed by atoms with E-state index in [4.69, 9.17) is 10.2 Å². The second-order valence-electron chi connectivity index (χ2n) is 11.9. The number of hydrazine groups is 1. The minimum Gasteiger partial charge on any atom is -0.463 e. The average molecular weight is 595 g/mol. The fourth-order valence-corrected chi connectivity index (χ4v) is 7.91. The molecule has 2 aliphatic heterocycles. The lowest BCUT2D eigenvalue weighted by Gasteiger charge is -2.49. The van der Waals surface area contributed by atoms with Crippen LogP contribution < -0.4 is 11.2 Å². The summed E-state index contributed by atoms with van der Waals surface area (Å²) in [5.41, 5.74) is 9.80. The zero-order chi connectivity index (χ0) is 30.9. The van der Waals surface area contributed by atoms with Crippen LogP contribution in [0.5, 0.6) is 0 Å². The standard InChI is InChI=1S/C33H30N4O7/c1-17-7-9-19(10-8-17)35-37-29(40)24-15-23-21(12-13-22-26(23)30(41)36(28(22)39)32(34)43)27(25-14-11-20(16-38)44-25)33(24,31(37)42)18-5-3-2-4-6-18/h2-12,14,22-24,26-27,35,38H,13,15-16H2,1H3,(H2,34,43)/t22-,23+,24-,26-,27+,33+/m0/s1. The van der Waals surface area contributed by atoms with E-state index in [1.165, 1.54) is 0 Å². The van der Waals surface area contributed by atoms with E-state index in [9.17, 15) is 29.1 Å². The molecule has 4 N–H and O–H groups in total. The van der Waals surface area contributed by atoms with E-state index in [2.05, 4.69) is 5.43 Å². The Morgan fingerprint density at radius 2 is 1.70 bits per heavy atom. The van der Waals surface area contributed by atoms with E-state index in [1.54, 1.807) is 36.4 Å². The van der Waals surface area contributed by atoms with Gasteiger partial charge in [0.05, 0.1) is 29.4 Å². The number of hydrogen-bond donors (Lipinski definition) is 3. The van der Waals surface area contributed by atoms with E-state index in [-0.39, 0.29) is 25.2 Å². The summed E-state index contributed by atoms with van der Waals surface area (Å²) in [5.74, 6) is -5.92. The van der Waals surface area contributed by atoms with Gasteiger partial charge in [0.1, 0.15) is 23.5 Å². The van der Waals surface area contributed by atoms with Gasteiger partial charge in [-0.3, -0.25) is 24.6 Å². The molecule has 3 heterocycles. The zero-order valence-corrected chi connectivity index (χ0v) is 23.8. The van der Waals surface area contributed by atoms with Crippen molar-refractivity contribution < 1.29 is 33.5 Å². The Balaban J connectivity index is 1.44. The number of anilines is 1. The van der Waals surface area contributed by atoms with Gasteiger partial charge >= 0.3 is 6.03 Å². The summed E-state index contributed by atoms with van der Waals surface area (Å²) in [4.78, 5) is 68.7. The Hall–Kier alpha value is -5.03. The Morgan fingerprint density at radius 3 is 2.36 bits per heavy atom. The van der Waals surface area contributed by atoms with Gasteiger partial charge < -0.3 is 15.3 Å². The number of urea groups is 1. The Morgan fingerprint density at radius 1 is 0.977 bits per heavy atom. The smallest absolute Gasteiger partial charge is 0.328 e. The van der Waals surface area contributed by atoms with Crippen molar-refractivity contribution >= 4 is 35.3 Å². The Bertz CT molecular complexity index is 1750. The average Bonchev–Trinajstić information content (AvgIpc) is 3.66. The lowest BCUT2D eigenvalue weighted by atomic mass is 9.50. The van der Waals surface area contributed by atoms with Crippen molar-refractivity contribution in [2.45, 2.75) is 37.7 Å². The molecule has 3 aromatic rings. The quantitative estimate of drug-likeness (QED) is 0.300. The number of fused-ring (bicyclic) bond motifs is 4. The molecule has 2 aromatic carbocycles. The largest absolute Gasteiger partial charge is 0.463 e. The van der Waals surface area contributed by atoms with Gasteiger partial charge in [-0.25, -0.2) is 4.79 Å². The molecule has 7 rings (SSSR count). The topological polar surface area (TPSA) is 163 Å². The summed E-state index contributed by atoms with van der Waals surface area (Å²) in [7, 11) is 0. The molecule has 0 radical (unpaired) electrons. The van der Waals surface area contributed by atoms with E-state index >= 15 is 0 Å². The maximum Gasteiger partial charge on any atom is 0.328 e. The van der Waals surface area contributed by atoms with Crippen molar-refractivity contribution in [2.24, 2.45) is 29.4 Å². The molecular formula is C33H30N4O7. The lowest BCUT2D eigenvalue weighted by Crippen LogP contribution is -2.53. The maximum atomic E-state index is 14.9. The molecule has 44 heavy (non-hydrogen) atoms. The summed E-state index contributed by atoms with van der Waals surface area (Å²) >= 11 is 0. The summed E-state index contributed by atoms with van der Waals surface area (Å²) < 4.78 is 6.12. The summed E-state index contributed by atoms with van der Waals surface area (Å²) in [6.07, 6.45) is 2.08. The van der Waals surface area contributed by atoms with Crippen molar-refractivity contribution in [2.75, 3.05) is 5.43 Å². The number of benzene rings is 2. The van der Waals surface area contributed by atoms with Crippen LogP contribution in [0.1, 0.15) is 41.4 Å². The first-order valence-electron chi connectivity index (χ1n) is 14.5. The van der Waals surface area contributed by atoms with E-state index in [1.807, 2.05) is 43.3 Å². The number of imide groups is 4. The molecule has 1 aromatic heterocycles. The number of aliphatic hydroxyl groups is 1. The molecule has 11 heteroatoms. The van der Waals surface area contributed by atoms with Gasteiger partial charge in [0.2, 0.25) is 11.8 Å². The van der Waals surface area contributed by atoms with E-state index in [0.717, 1.165) is 10.6 Å². The number of furan rings is 1. The van der Waals surface area contributed by atoms with Crippen molar-refractivity contribution in [3.63, 3.8) is 0 Å². The molecule has 0 spiro atoms. The number of aliphatic hydroxyl groups excluding tert-OH is 1. The SMILES string of the molecule is Cc1ccc(NN2C(=O)[C@@H]3C[C@@H]4C(=CC[C@@H]5C(=O)N(C(N)=O)C(=O)[C@@H]54)[C@H](c4ccc(CO)o4)[C@]3(c3ccccc3)C2=O)cc1. The number of aryl methyl sites for hydroxylation is 1. The fraction of sp³-hybridized carbons (Fsp3) is 0.303. The number of likely N-dealkylation sites (tertiary alicyclic amines) is 1. The highest BCUT2D eigenvalue weighted by Crippen LogP contribution is 2.64. The molecule has 3 fully saturated rings. The molecule has 1 saturated carbocycles. The van der Waals surface area contributed by atoms with Gasteiger partial charge in [-0.05, 0) is 55.5 Å². The van der Waals surface area contributed by atoms with Gasteiger partial charge in [0.25, 0.3) is 11.8 Å². The molecule has 224 valence electrons. The number of allylic oxidation sites excluding steroid dienone is 2. The molecule has 2 saturated heterocycles. The van der Waals surface area contributed by atoms with Crippen LogP contribution in [0.2, 0.25) is 0 Å². The third-order valence-electron chi connectivity index (χ3n) is 9.74. The Kier molecular flexibility index (Phi) is 6.33. The first kappa shape index (κ1) is 27.8. The van der Waals surface area contributed by atoms with Gasteiger partial charge in [0, 0.05) is 0 Å². The number of primary amides is 1. The van der Waals surface area contributed by atoms with Crippen LogP contribution in [0, 0.1) is 30.6 Å². The van der Waals surface area contributed by atoms with Gasteiger partial charge in [0.15, 0.2) is 0 Å². The van der Waals surface area contributed by atoms with Gasteiger partial charge in [-0.1, -0.05) is 59.7 Å². The van der Waals surface area contributed by atoms with Crippen LogP contribution in [0.15, 0.2) is 82.8 Å². The molecule has 2 aliphatic carbocycles. The maximum absolute atomic E-state index is 14.9. The first-order chi connectivity index (χ1) is 21.2. The highest BCUT2D eigenvalue weighted by Gasteiger charge is 2.71. The van der Waals surface area contributed by atoms with Crippen LogP contribution >= 0.6 is 0 Å². The Labute approximate surface area is 252 Å². The highest BCUT2D eigenvalue weighted by atomic mass is 16.4. The number of rotatable bonds is 5. The number of nitrogens with one attached hydrogen (secondary N) is 1. The molecule has 4 aliphatic rings. The molecule has 6 atom stereocenters. The predicted octanol–water partition coefficient (Wildman–Crippen LogP) is 3.14. The van der Waals surface area contributed by atoms with Crippen molar-refractivity contribution in [3.05, 3.63) is 101 Å². The third kappa shape index (κ3) is 3.75. The van der Waals surface area contributed by atoms with Crippen LogP contribution in [0.4, 0.5) is 10.5 Å². The van der Waals surface area contributed by atoms with Crippen molar-refractivity contribution in [1.82, 2.24) is 9.91 Å². The van der Waals surface area contributed by atoms with Crippen LogP contribution in [-0.4, -0.2) is 44.7 Å². The first-order valence-corrected chi connectivity index (χ1v) is 14.5. The predicted molar refractivity (Wildman–Crippen MR) is 155 cm³/mol. The third-order valence-corrected chi connectivity index (χ3v) is 9.74. The normalized spacial score (nSPS) is 29.3. The molecule has 11 nitrogen and oxygen atoms in total. The van der Waals surface area contributed by atoms with E-state index < -0.39 is 64.7 Å². The monoisotopic (exact) mass is 594 g/mol. The minimum absolute atomic E-state index is 0.0776. The summed E-state index contributed by atoms with van der Waals surface area (Å²) in [5, 5.41) is 10.9. The summed E-state index contributed by atoms with van der Waals surface area (Å²) in [6, 6.07) is 18.5. The molecule has 0 bridgehead atoms. The minimum atomic E-state index is -1.48. The number of carbonyl (C=O) groups excluding carboxylic acids is 5. The fourth-order valence-electron chi connectivity index (χ4n) is 7.91. The van der Waals surface area contributed by atoms with Gasteiger partial charge in [-0.15, -0.1) is 0 Å². The van der Waals surface area contributed by atoms with Crippen molar-refractivity contribution in [3.8, 4) is 0 Å². The molecular weight excluding hydrogens is 564 g/mol. The van der Waals surface area contributed by atoms with Crippen LogP contribution in [-0.2, 0) is 31.2 Å². The number of nitrogens with two attached hydrogens (primary N) is 1. The lowest BCUT2D eigenvalue weighted by molar-refractivity contribution is -0.139. The number of amides is 6. The molecule has 6 amide bonds. The number of hydrogen-bond acceptors (Lipinski definition) is 8. The summed E-state index contributed by atoms with van der Waals surface area (Å²) in [6.45, 7) is 1.55. The number of nitrogens with zero attached hydrogens (tertiary/aromatic N) is 2. The second kappa shape index (κ2) is 10.0.